The van der Waals surface area contributed by atoms with Crippen molar-refractivity contribution in [1.82, 2.24) is 14.9 Å². The largest absolute Gasteiger partial charge is 0.359 e. The minimum atomic E-state index is -0.123. The van der Waals surface area contributed by atoms with Gasteiger partial charge in [-0.25, -0.2) is 0 Å². The van der Waals surface area contributed by atoms with E-state index in [1.54, 1.807) is 7.11 Å². The van der Waals surface area contributed by atoms with Crippen LogP contribution in [-0.4, -0.2) is 40.2 Å². The number of carbonyl (C=O) groups excluding carboxylic acids is 1. The van der Waals surface area contributed by atoms with Crippen molar-refractivity contribution < 1.29 is 18.8 Å². The minimum Gasteiger partial charge on any atom is -0.359 e. The van der Waals surface area contributed by atoms with Gasteiger partial charge >= 0.3 is 0 Å². The maximum atomic E-state index is 11.9. The summed E-state index contributed by atoms with van der Waals surface area (Å²) >= 11 is 0. The zero-order valence-electron chi connectivity index (χ0n) is 16.4. The number of Topliss-reactive ketones (excluding diaryl/α,β-unsaturated/α-hetero) is 1. The molecule has 2 aromatic heterocycles. The van der Waals surface area contributed by atoms with Gasteiger partial charge in [-0.1, -0.05) is 12.1 Å². The lowest BCUT2D eigenvalue weighted by Gasteiger charge is -2.37. The van der Waals surface area contributed by atoms with Crippen LogP contribution in [0, 0.1) is 0 Å². The van der Waals surface area contributed by atoms with Crippen molar-refractivity contribution in [2.45, 2.75) is 70.4 Å². The van der Waals surface area contributed by atoms with E-state index in [2.05, 4.69) is 29.9 Å². The average Bonchev–Trinajstić information content (AvgIpc) is 3.25. The van der Waals surface area contributed by atoms with Gasteiger partial charge in [-0.15, -0.1) is 0 Å². The van der Waals surface area contributed by atoms with Crippen LogP contribution >= 0.6 is 0 Å². The lowest BCUT2D eigenvalue weighted by molar-refractivity contribution is -0.139. The molecule has 2 aliphatic rings. The Labute approximate surface area is 159 Å². The van der Waals surface area contributed by atoms with E-state index >= 15 is 0 Å². The number of rotatable bonds is 5. The van der Waals surface area contributed by atoms with Crippen molar-refractivity contribution in [3.05, 3.63) is 23.1 Å². The van der Waals surface area contributed by atoms with Crippen LogP contribution in [0.25, 0.3) is 11.3 Å². The lowest BCUT2D eigenvalue weighted by atomic mass is 9.83. The van der Waals surface area contributed by atoms with Crippen molar-refractivity contribution in [1.29, 1.82) is 0 Å². The highest BCUT2D eigenvalue weighted by molar-refractivity contribution is 5.95. The third kappa shape index (κ3) is 3.23. The zero-order valence-corrected chi connectivity index (χ0v) is 16.4. The van der Waals surface area contributed by atoms with Gasteiger partial charge in [0, 0.05) is 25.8 Å². The second-order valence-corrected chi connectivity index (χ2v) is 8.14. The van der Waals surface area contributed by atoms with Gasteiger partial charge in [0.05, 0.1) is 22.9 Å². The van der Waals surface area contributed by atoms with Crippen LogP contribution in [0.4, 0.5) is 0 Å². The fourth-order valence-electron chi connectivity index (χ4n) is 4.37. The molecule has 1 saturated carbocycles. The summed E-state index contributed by atoms with van der Waals surface area (Å²) in [5.74, 6) is 0.840. The first-order chi connectivity index (χ1) is 12.9. The Bertz CT molecular complexity index is 846. The van der Waals surface area contributed by atoms with E-state index in [0.29, 0.717) is 24.3 Å². The van der Waals surface area contributed by atoms with Crippen molar-refractivity contribution >= 4 is 5.78 Å². The summed E-state index contributed by atoms with van der Waals surface area (Å²) in [6.45, 7) is 6.13. The number of aromatic nitrogens is 3. The Kier molecular flexibility index (Phi) is 4.68. The number of carbonyl (C=O) groups is 1. The van der Waals surface area contributed by atoms with E-state index in [9.17, 15) is 4.79 Å². The normalized spacial score (nSPS) is 27.3. The molecule has 2 heterocycles. The first-order valence-corrected chi connectivity index (χ1v) is 9.63. The SMILES string of the molecule is COCOC1(C)CCC(n2cc3c(n2)C[C@H](C)c2c(C(C)=O)noc2-3)CC1. The molecule has 0 saturated heterocycles. The Morgan fingerprint density at radius 2 is 2.15 bits per heavy atom. The molecule has 0 spiro atoms. The van der Waals surface area contributed by atoms with Crippen LogP contribution in [0.2, 0.25) is 0 Å². The molecule has 146 valence electrons. The number of fused-ring (bicyclic) bond motifs is 3. The molecule has 2 aliphatic carbocycles. The van der Waals surface area contributed by atoms with Crippen LogP contribution in [0.5, 0.6) is 0 Å². The maximum absolute atomic E-state index is 11.9. The van der Waals surface area contributed by atoms with Crippen molar-refractivity contribution in [2.75, 3.05) is 13.9 Å². The monoisotopic (exact) mass is 373 g/mol. The summed E-state index contributed by atoms with van der Waals surface area (Å²) < 4.78 is 18.6. The first kappa shape index (κ1) is 18.4. The van der Waals surface area contributed by atoms with Crippen molar-refractivity contribution in [2.24, 2.45) is 0 Å². The van der Waals surface area contributed by atoms with Crippen molar-refractivity contribution in [3.8, 4) is 11.3 Å². The molecule has 7 heteroatoms. The van der Waals surface area contributed by atoms with Crippen LogP contribution in [0.1, 0.15) is 80.2 Å². The van der Waals surface area contributed by atoms with Crippen molar-refractivity contribution in [3.63, 3.8) is 0 Å². The molecule has 1 atom stereocenters. The van der Waals surface area contributed by atoms with Crippen LogP contribution in [-0.2, 0) is 15.9 Å². The Hall–Kier alpha value is -1.99. The summed E-state index contributed by atoms with van der Waals surface area (Å²) in [4.78, 5) is 11.9. The number of ether oxygens (including phenoxy) is 2. The first-order valence-electron chi connectivity index (χ1n) is 9.63. The number of ketones is 1. The van der Waals surface area contributed by atoms with Gasteiger partial charge in [0.25, 0.3) is 0 Å². The molecule has 0 amide bonds. The second kappa shape index (κ2) is 6.87. The van der Waals surface area contributed by atoms with Gasteiger partial charge in [0.2, 0.25) is 0 Å². The summed E-state index contributed by atoms with van der Waals surface area (Å²) in [6.07, 6.45) is 6.85. The highest BCUT2D eigenvalue weighted by Gasteiger charge is 2.36. The van der Waals surface area contributed by atoms with E-state index in [4.69, 9.17) is 19.1 Å². The molecular weight excluding hydrogens is 346 g/mol. The predicted molar refractivity (Wildman–Crippen MR) is 98.7 cm³/mol. The highest BCUT2D eigenvalue weighted by Crippen LogP contribution is 2.43. The molecular formula is C20H27N3O4. The average molecular weight is 373 g/mol. The molecule has 0 N–H and O–H groups in total. The number of nitrogens with zero attached hydrogens (tertiary/aromatic N) is 3. The Balaban J connectivity index is 1.56. The third-order valence-electron chi connectivity index (χ3n) is 6.02. The van der Waals surface area contributed by atoms with Crippen LogP contribution in [0.3, 0.4) is 0 Å². The number of methoxy groups -OCH3 is 1. The highest BCUT2D eigenvalue weighted by atomic mass is 16.7. The molecule has 0 aromatic carbocycles. The van der Waals surface area contributed by atoms with E-state index in [-0.39, 0.29) is 17.3 Å². The zero-order chi connectivity index (χ0) is 19.2. The molecule has 2 aromatic rings. The van der Waals surface area contributed by atoms with Crippen LogP contribution < -0.4 is 0 Å². The molecule has 27 heavy (non-hydrogen) atoms. The third-order valence-corrected chi connectivity index (χ3v) is 6.02. The standard InChI is InChI=1S/C20H27N3O4/c1-12-9-16-15(19-17(12)18(13(2)24)22-27-19)10-23(21-16)14-5-7-20(3,8-6-14)26-11-25-4/h10,12,14H,5-9,11H2,1-4H3/t12-,14?,20?/m0/s1. The van der Waals surface area contributed by atoms with Gasteiger partial charge in [-0.2, -0.15) is 5.10 Å². The molecule has 7 nitrogen and oxygen atoms in total. The lowest BCUT2D eigenvalue weighted by Crippen LogP contribution is -2.35. The number of hydrogen-bond donors (Lipinski definition) is 0. The fraction of sp³-hybridized carbons (Fsp3) is 0.650. The smallest absolute Gasteiger partial charge is 0.181 e. The van der Waals surface area contributed by atoms with Gasteiger partial charge in [-0.05, 0) is 44.9 Å². The Morgan fingerprint density at radius 3 is 2.81 bits per heavy atom. The van der Waals surface area contributed by atoms with Gasteiger partial charge < -0.3 is 14.0 Å². The molecule has 1 fully saturated rings. The topological polar surface area (TPSA) is 79.4 Å². The van der Waals surface area contributed by atoms with Gasteiger partial charge in [-0.3, -0.25) is 9.48 Å². The van der Waals surface area contributed by atoms with E-state index in [0.717, 1.165) is 48.9 Å². The minimum absolute atomic E-state index is 0.0506. The fourth-order valence-corrected chi connectivity index (χ4v) is 4.37. The van der Waals surface area contributed by atoms with E-state index < -0.39 is 0 Å². The maximum Gasteiger partial charge on any atom is 0.181 e. The van der Waals surface area contributed by atoms with Gasteiger partial charge in [0.15, 0.2) is 17.2 Å². The summed E-state index contributed by atoms with van der Waals surface area (Å²) in [7, 11) is 1.65. The molecule has 0 bridgehead atoms. The summed E-state index contributed by atoms with van der Waals surface area (Å²) in [5.41, 5.74) is 3.28. The predicted octanol–water partition coefficient (Wildman–Crippen LogP) is 3.89. The molecule has 4 rings (SSSR count). The van der Waals surface area contributed by atoms with Gasteiger partial charge in [0.1, 0.15) is 6.79 Å². The molecule has 0 aliphatic heterocycles. The van der Waals surface area contributed by atoms with Crippen LogP contribution in [0.15, 0.2) is 10.7 Å². The molecule has 0 unspecified atom stereocenters. The molecule has 0 radical (unpaired) electrons. The quantitative estimate of drug-likeness (QED) is 0.584. The Morgan fingerprint density at radius 1 is 1.41 bits per heavy atom. The van der Waals surface area contributed by atoms with E-state index in [1.165, 1.54) is 6.92 Å². The number of hydrogen-bond acceptors (Lipinski definition) is 6. The summed E-state index contributed by atoms with van der Waals surface area (Å²) in [5, 5.41) is 8.89. The van der Waals surface area contributed by atoms with E-state index in [1.807, 2.05) is 0 Å². The summed E-state index contributed by atoms with van der Waals surface area (Å²) in [6, 6.07) is 0.351. The second-order valence-electron chi connectivity index (χ2n) is 8.14.